The highest BCUT2D eigenvalue weighted by Gasteiger charge is 2.33. The highest BCUT2D eigenvalue weighted by Crippen LogP contribution is 2.25. The molecule has 1 saturated heterocycles. The van der Waals surface area contributed by atoms with Gasteiger partial charge < -0.3 is 20.4 Å². The minimum Gasteiger partial charge on any atom is -0.380 e. The molecule has 10 heteroatoms. The Labute approximate surface area is 182 Å². The molecule has 1 aromatic carbocycles. The molecule has 1 fully saturated rings. The summed E-state index contributed by atoms with van der Waals surface area (Å²) < 4.78 is 33.8. The van der Waals surface area contributed by atoms with Gasteiger partial charge in [-0.25, -0.2) is 8.42 Å². The standard InChI is InChI=1S/C21H28N4O5S/c1-24-13-18(11-19(24)20(22)26)31(28,29)25-9-7-15(8-10-25)21(27)23-12-16-5-3-4-6-17(16)14-30-2/h3-6,11,13,15H,7-10,12,14H2,1-2H3,(H2,22,26)(H,23,27). The Hall–Kier alpha value is -2.69. The number of rotatable bonds is 8. The van der Waals surface area contributed by atoms with E-state index in [9.17, 15) is 18.0 Å². The van der Waals surface area contributed by atoms with Gasteiger partial charge >= 0.3 is 0 Å². The highest BCUT2D eigenvalue weighted by molar-refractivity contribution is 7.89. The molecule has 0 aliphatic carbocycles. The van der Waals surface area contributed by atoms with Crippen LogP contribution in [0.2, 0.25) is 0 Å². The van der Waals surface area contributed by atoms with Gasteiger partial charge in [0.05, 0.1) is 6.61 Å². The number of sulfonamides is 1. The number of nitrogens with one attached hydrogen (secondary N) is 1. The van der Waals surface area contributed by atoms with Crippen LogP contribution >= 0.6 is 0 Å². The lowest BCUT2D eigenvalue weighted by molar-refractivity contribution is -0.126. The van der Waals surface area contributed by atoms with Crippen LogP contribution in [0, 0.1) is 5.92 Å². The zero-order valence-electron chi connectivity index (χ0n) is 17.7. The number of methoxy groups -OCH3 is 1. The molecule has 31 heavy (non-hydrogen) atoms. The van der Waals surface area contributed by atoms with Crippen molar-refractivity contribution in [2.24, 2.45) is 18.7 Å². The quantitative estimate of drug-likeness (QED) is 0.623. The number of carbonyl (C=O) groups is 2. The number of primary amides is 1. The van der Waals surface area contributed by atoms with Crippen molar-refractivity contribution in [2.75, 3.05) is 20.2 Å². The predicted octanol–water partition coefficient (Wildman–Crippen LogP) is 0.988. The number of aromatic nitrogens is 1. The molecule has 168 valence electrons. The van der Waals surface area contributed by atoms with Gasteiger partial charge in [-0.2, -0.15) is 4.31 Å². The smallest absolute Gasteiger partial charge is 0.265 e. The van der Waals surface area contributed by atoms with E-state index < -0.39 is 15.9 Å². The molecule has 0 unspecified atom stereocenters. The Bertz CT molecular complexity index is 1060. The fourth-order valence-electron chi connectivity index (χ4n) is 3.78. The molecule has 2 amide bonds. The summed E-state index contributed by atoms with van der Waals surface area (Å²) in [7, 11) is -0.558. The van der Waals surface area contributed by atoms with Crippen molar-refractivity contribution >= 4 is 21.8 Å². The lowest BCUT2D eigenvalue weighted by Crippen LogP contribution is -2.42. The van der Waals surface area contributed by atoms with Crippen molar-refractivity contribution in [1.29, 1.82) is 0 Å². The number of piperidine rings is 1. The zero-order valence-corrected chi connectivity index (χ0v) is 18.5. The maximum atomic E-state index is 12.9. The zero-order chi connectivity index (χ0) is 22.6. The predicted molar refractivity (Wildman–Crippen MR) is 114 cm³/mol. The molecule has 0 atom stereocenters. The number of nitrogens with two attached hydrogens (primary N) is 1. The average Bonchev–Trinajstić information content (AvgIpc) is 3.16. The molecule has 0 radical (unpaired) electrons. The van der Waals surface area contributed by atoms with Crippen molar-refractivity contribution in [3.63, 3.8) is 0 Å². The number of hydrogen-bond donors (Lipinski definition) is 2. The molecular weight excluding hydrogens is 420 g/mol. The Morgan fingerprint density at radius 2 is 1.84 bits per heavy atom. The molecule has 3 N–H and O–H groups in total. The van der Waals surface area contributed by atoms with Crippen LogP contribution in [0.4, 0.5) is 0 Å². The first-order valence-electron chi connectivity index (χ1n) is 10.0. The van der Waals surface area contributed by atoms with Crippen molar-refractivity contribution < 1.29 is 22.7 Å². The third-order valence-electron chi connectivity index (χ3n) is 5.57. The molecular formula is C21H28N4O5S. The number of carbonyl (C=O) groups excluding carboxylic acids is 2. The van der Waals surface area contributed by atoms with Crippen molar-refractivity contribution in [1.82, 2.24) is 14.2 Å². The van der Waals surface area contributed by atoms with E-state index in [1.54, 1.807) is 14.2 Å². The van der Waals surface area contributed by atoms with E-state index in [0.29, 0.717) is 26.0 Å². The van der Waals surface area contributed by atoms with E-state index in [-0.39, 0.29) is 35.5 Å². The van der Waals surface area contributed by atoms with Gasteiger partial charge in [-0.05, 0) is 30.0 Å². The number of hydrogen-bond acceptors (Lipinski definition) is 5. The molecule has 0 bridgehead atoms. The van der Waals surface area contributed by atoms with Gasteiger partial charge in [-0.15, -0.1) is 0 Å². The molecule has 1 aliphatic rings. The fraction of sp³-hybridized carbons (Fsp3) is 0.429. The topological polar surface area (TPSA) is 124 Å². The Morgan fingerprint density at radius 1 is 1.19 bits per heavy atom. The van der Waals surface area contributed by atoms with E-state index in [2.05, 4.69) is 5.32 Å². The van der Waals surface area contributed by atoms with Gasteiger partial charge in [-0.1, -0.05) is 24.3 Å². The first kappa shape index (κ1) is 23.0. The Balaban J connectivity index is 1.58. The first-order chi connectivity index (χ1) is 14.7. The van der Waals surface area contributed by atoms with Crippen LogP contribution in [0.15, 0.2) is 41.4 Å². The van der Waals surface area contributed by atoms with E-state index in [1.807, 2.05) is 24.3 Å². The normalized spacial score (nSPS) is 15.7. The maximum absolute atomic E-state index is 12.9. The minimum absolute atomic E-state index is 0.0291. The monoisotopic (exact) mass is 448 g/mol. The lowest BCUT2D eigenvalue weighted by atomic mass is 9.97. The van der Waals surface area contributed by atoms with Crippen LogP contribution in [0.1, 0.15) is 34.5 Å². The second-order valence-corrected chi connectivity index (χ2v) is 9.57. The highest BCUT2D eigenvalue weighted by atomic mass is 32.2. The second-order valence-electron chi connectivity index (χ2n) is 7.63. The van der Waals surface area contributed by atoms with Gasteiger partial charge in [0.15, 0.2) is 0 Å². The molecule has 0 saturated carbocycles. The number of ether oxygens (including phenoxy) is 1. The van der Waals surface area contributed by atoms with Crippen LogP contribution in [0.3, 0.4) is 0 Å². The number of benzene rings is 1. The number of amides is 2. The summed E-state index contributed by atoms with van der Waals surface area (Å²) in [5.74, 6) is -1.02. The third kappa shape index (κ3) is 5.15. The lowest BCUT2D eigenvalue weighted by Gasteiger charge is -2.30. The molecule has 1 aromatic heterocycles. The number of nitrogens with zero attached hydrogens (tertiary/aromatic N) is 2. The first-order valence-corrected chi connectivity index (χ1v) is 11.5. The van der Waals surface area contributed by atoms with E-state index >= 15 is 0 Å². The van der Waals surface area contributed by atoms with Gasteiger partial charge in [0.25, 0.3) is 5.91 Å². The van der Waals surface area contributed by atoms with Gasteiger partial charge in [0.2, 0.25) is 15.9 Å². The van der Waals surface area contributed by atoms with Gasteiger partial charge in [0, 0.05) is 45.9 Å². The largest absolute Gasteiger partial charge is 0.380 e. The minimum atomic E-state index is -3.75. The third-order valence-corrected chi connectivity index (χ3v) is 7.43. The Kier molecular flexibility index (Phi) is 7.14. The van der Waals surface area contributed by atoms with E-state index in [0.717, 1.165) is 11.1 Å². The number of aryl methyl sites for hydroxylation is 1. The fourth-order valence-corrected chi connectivity index (χ4v) is 5.32. The summed E-state index contributed by atoms with van der Waals surface area (Å²) in [5.41, 5.74) is 7.42. The van der Waals surface area contributed by atoms with Crippen molar-refractivity contribution in [2.45, 2.75) is 30.9 Å². The molecule has 0 spiro atoms. The van der Waals surface area contributed by atoms with E-state index in [1.165, 1.54) is 21.1 Å². The second kappa shape index (κ2) is 9.63. The van der Waals surface area contributed by atoms with E-state index in [4.69, 9.17) is 10.5 Å². The molecule has 9 nitrogen and oxygen atoms in total. The molecule has 1 aliphatic heterocycles. The van der Waals surface area contributed by atoms with Crippen molar-refractivity contribution in [3.05, 3.63) is 53.3 Å². The molecule has 3 rings (SSSR count). The SMILES string of the molecule is COCc1ccccc1CNC(=O)C1CCN(S(=O)(=O)c2cc(C(N)=O)n(C)c2)CC1. The summed E-state index contributed by atoms with van der Waals surface area (Å²) in [6.45, 7) is 1.35. The maximum Gasteiger partial charge on any atom is 0.265 e. The Morgan fingerprint density at radius 3 is 2.42 bits per heavy atom. The van der Waals surface area contributed by atoms with Crippen LogP contribution in [-0.2, 0) is 39.8 Å². The van der Waals surface area contributed by atoms with Crippen LogP contribution in [0.25, 0.3) is 0 Å². The average molecular weight is 449 g/mol. The van der Waals surface area contributed by atoms with Gasteiger partial charge in [0.1, 0.15) is 10.6 Å². The van der Waals surface area contributed by atoms with Crippen LogP contribution in [-0.4, -0.2) is 49.3 Å². The summed E-state index contributed by atoms with van der Waals surface area (Å²) in [5, 5.41) is 2.96. The summed E-state index contributed by atoms with van der Waals surface area (Å²) in [4.78, 5) is 24.1. The summed E-state index contributed by atoms with van der Waals surface area (Å²) >= 11 is 0. The van der Waals surface area contributed by atoms with Crippen molar-refractivity contribution in [3.8, 4) is 0 Å². The molecule has 2 aromatic rings. The summed E-state index contributed by atoms with van der Waals surface area (Å²) in [6.07, 6.45) is 2.24. The van der Waals surface area contributed by atoms with Crippen LogP contribution in [0.5, 0.6) is 0 Å². The van der Waals surface area contributed by atoms with Gasteiger partial charge in [-0.3, -0.25) is 9.59 Å². The molecule has 2 heterocycles. The summed E-state index contributed by atoms with van der Waals surface area (Å²) in [6, 6.07) is 9.03. The van der Waals surface area contributed by atoms with Crippen LogP contribution < -0.4 is 11.1 Å².